The van der Waals surface area contributed by atoms with Crippen molar-refractivity contribution in [3.05, 3.63) is 46.3 Å². The minimum absolute atomic E-state index is 0.0447. The number of pyridine rings is 1. The number of nitrogens with zero attached hydrogens (tertiary/aromatic N) is 2. The van der Waals surface area contributed by atoms with Crippen molar-refractivity contribution in [3.63, 3.8) is 0 Å². The van der Waals surface area contributed by atoms with Gasteiger partial charge in [0.1, 0.15) is 0 Å². The summed E-state index contributed by atoms with van der Waals surface area (Å²) in [5, 5.41) is 0. The van der Waals surface area contributed by atoms with Gasteiger partial charge in [0.15, 0.2) is 0 Å². The van der Waals surface area contributed by atoms with Crippen LogP contribution in [0.15, 0.2) is 29.3 Å². The second-order valence-electron chi connectivity index (χ2n) is 3.67. The van der Waals surface area contributed by atoms with Crippen LogP contribution < -0.4 is 5.69 Å². The molecule has 0 bridgehead atoms. The Bertz CT molecular complexity index is 634. The first kappa shape index (κ1) is 12.3. The van der Waals surface area contributed by atoms with Gasteiger partial charge in [-0.15, -0.1) is 0 Å². The van der Waals surface area contributed by atoms with Crippen LogP contribution in [0.5, 0.6) is 0 Å². The van der Waals surface area contributed by atoms with Crippen LogP contribution in [0.1, 0.15) is 11.3 Å². The van der Waals surface area contributed by atoms with Crippen molar-refractivity contribution in [3.8, 4) is 11.3 Å². The number of aromatic nitrogens is 3. The molecule has 7 heteroatoms. The monoisotopic (exact) mass is 255 g/mol. The summed E-state index contributed by atoms with van der Waals surface area (Å²) in [6.07, 6.45) is -2.42. The fourth-order valence-electron chi connectivity index (χ4n) is 1.56. The number of rotatable bonds is 1. The van der Waals surface area contributed by atoms with E-state index in [0.29, 0.717) is 5.69 Å². The zero-order valence-electron chi connectivity index (χ0n) is 9.25. The minimum atomic E-state index is -4.52. The predicted octanol–water partition coefficient (Wildman–Crippen LogP) is 2.16. The van der Waals surface area contributed by atoms with Gasteiger partial charge in [0.2, 0.25) is 0 Å². The maximum atomic E-state index is 12.8. The molecule has 0 unspecified atom stereocenters. The number of halogens is 3. The van der Waals surface area contributed by atoms with Gasteiger partial charge < -0.3 is 4.98 Å². The smallest absolute Gasteiger partial charge is 0.310 e. The molecule has 0 fully saturated rings. The molecule has 2 aromatic rings. The highest BCUT2D eigenvalue weighted by Crippen LogP contribution is 2.35. The van der Waals surface area contributed by atoms with Gasteiger partial charge in [-0.3, -0.25) is 4.98 Å². The second-order valence-corrected chi connectivity index (χ2v) is 3.67. The van der Waals surface area contributed by atoms with Crippen LogP contribution in [-0.4, -0.2) is 15.0 Å². The van der Waals surface area contributed by atoms with E-state index >= 15 is 0 Å². The zero-order chi connectivity index (χ0) is 13.3. The average molecular weight is 255 g/mol. The second kappa shape index (κ2) is 4.25. The van der Waals surface area contributed by atoms with Gasteiger partial charge in [0, 0.05) is 23.7 Å². The van der Waals surface area contributed by atoms with E-state index in [4.69, 9.17) is 0 Å². The Labute approximate surface area is 99.5 Å². The molecule has 2 heterocycles. The van der Waals surface area contributed by atoms with E-state index in [9.17, 15) is 18.0 Å². The maximum Gasteiger partial charge on any atom is 0.417 e. The fraction of sp³-hybridized carbons (Fsp3) is 0.182. The highest BCUT2D eigenvalue weighted by molar-refractivity contribution is 5.63. The van der Waals surface area contributed by atoms with Crippen LogP contribution in [0.4, 0.5) is 13.2 Å². The van der Waals surface area contributed by atoms with E-state index in [1.54, 1.807) is 6.92 Å². The largest absolute Gasteiger partial charge is 0.417 e. The van der Waals surface area contributed by atoms with Gasteiger partial charge in [-0.1, -0.05) is 0 Å². The molecule has 18 heavy (non-hydrogen) atoms. The third kappa shape index (κ3) is 2.39. The lowest BCUT2D eigenvalue weighted by Crippen LogP contribution is -2.14. The van der Waals surface area contributed by atoms with Crippen LogP contribution in [0, 0.1) is 6.92 Å². The minimum Gasteiger partial charge on any atom is -0.310 e. The van der Waals surface area contributed by atoms with E-state index in [1.165, 1.54) is 6.07 Å². The molecule has 4 nitrogen and oxygen atoms in total. The van der Waals surface area contributed by atoms with Gasteiger partial charge in [-0.2, -0.15) is 18.2 Å². The molecule has 94 valence electrons. The summed E-state index contributed by atoms with van der Waals surface area (Å²) in [6, 6.07) is 2.22. The van der Waals surface area contributed by atoms with E-state index < -0.39 is 17.4 Å². The third-order valence-electron chi connectivity index (χ3n) is 2.28. The zero-order valence-corrected chi connectivity index (χ0v) is 9.25. The van der Waals surface area contributed by atoms with Crippen LogP contribution in [0.2, 0.25) is 0 Å². The first-order valence-electron chi connectivity index (χ1n) is 4.97. The van der Waals surface area contributed by atoms with Gasteiger partial charge in [0.25, 0.3) is 0 Å². The van der Waals surface area contributed by atoms with Crippen molar-refractivity contribution >= 4 is 0 Å². The van der Waals surface area contributed by atoms with Crippen molar-refractivity contribution in [1.29, 1.82) is 0 Å². The molecule has 0 saturated heterocycles. The third-order valence-corrected chi connectivity index (χ3v) is 2.28. The molecule has 2 rings (SSSR count). The van der Waals surface area contributed by atoms with Gasteiger partial charge >= 0.3 is 11.9 Å². The standard InChI is InChI=1S/C11H8F3N3O/c1-6-4-9(17-10(18)16-6)7-5-15-3-2-8(7)11(12,13)14/h2-5H,1H3,(H,16,17,18). The molecule has 0 amide bonds. The number of aryl methyl sites for hydroxylation is 1. The molecule has 0 spiro atoms. The Morgan fingerprint density at radius 1 is 1.33 bits per heavy atom. The Kier molecular flexibility index (Phi) is 2.90. The lowest BCUT2D eigenvalue weighted by Gasteiger charge is -2.11. The molecule has 0 aliphatic rings. The molecule has 0 aliphatic heterocycles. The summed E-state index contributed by atoms with van der Waals surface area (Å²) in [6.45, 7) is 1.57. The average Bonchev–Trinajstić information content (AvgIpc) is 2.26. The van der Waals surface area contributed by atoms with E-state index in [-0.39, 0.29) is 11.3 Å². The first-order valence-corrected chi connectivity index (χ1v) is 4.97. The predicted molar refractivity (Wildman–Crippen MR) is 57.8 cm³/mol. The summed E-state index contributed by atoms with van der Waals surface area (Å²) in [5.74, 6) is 0. The molecule has 2 aromatic heterocycles. The summed E-state index contributed by atoms with van der Waals surface area (Å²) in [7, 11) is 0. The molecule has 0 aliphatic carbocycles. The highest BCUT2D eigenvalue weighted by atomic mass is 19.4. The lowest BCUT2D eigenvalue weighted by molar-refractivity contribution is -0.137. The van der Waals surface area contributed by atoms with Crippen molar-refractivity contribution in [2.45, 2.75) is 13.1 Å². The molecule has 0 atom stereocenters. The summed E-state index contributed by atoms with van der Waals surface area (Å²) >= 11 is 0. The van der Waals surface area contributed by atoms with E-state index in [2.05, 4.69) is 15.0 Å². The maximum absolute atomic E-state index is 12.8. The molecular formula is C11H8F3N3O. The quantitative estimate of drug-likeness (QED) is 0.849. The Morgan fingerprint density at radius 3 is 2.67 bits per heavy atom. The van der Waals surface area contributed by atoms with Crippen molar-refractivity contribution in [1.82, 2.24) is 15.0 Å². The van der Waals surface area contributed by atoms with Crippen molar-refractivity contribution in [2.24, 2.45) is 0 Å². The number of aromatic amines is 1. The number of alkyl halides is 3. The Balaban J connectivity index is 2.68. The van der Waals surface area contributed by atoms with Crippen LogP contribution in [0.25, 0.3) is 11.3 Å². The highest BCUT2D eigenvalue weighted by Gasteiger charge is 2.34. The SMILES string of the molecule is Cc1cc(-c2cnccc2C(F)(F)F)nc(=O)[nH]1. The van der Waals surface area contributed by atoms with Crippen LogP contribution in [-0.2, 0) is 6.18 Å². The summed E-state index contributed by atoms with van der Waals surface area (Å²) < 4.78 is 38.4. The first-order chi connectivity index (χ1) is 8.38. The number of H-pyrrole nitrogens is 1. The molecule has 0 radical (unpaired) electrons. The van der Waals surface area contributed by atoms with Gasteiger partial charge in [-0.25, -0.2) is 4.79 Å². The van der Waals surface area contributed by atoms with E-state index in [0.717, 1.165) is 18.5 Å². The van der Waals surface area contributed by atoms with Gasteiger partial charge in [0.05, 0.1) is 11.3 Å². The van der Waals surface area contributed by atoms with E-state index in [1.807, 2.05) is 0 Å². The van der Waals surface area contributed by atoms with Crippen LogP contribution >= 0.6 is 0 Å². The molecule has 0 saturated carbocycles. The Morgan fingerprint density at radius 2 is 2.06 bits per heavy atom. The summed E-state index contributed by atoms with van der Waals surface area (Å²) in [4.78, 5) is 20.7. The van der Waals surface area contributed by atoms with Crippen molar-refractivity contribution < 1.29 is 13.2 Å². The molecular weight excluding hydrogens is 247 g/mol. The van der Waals surface area contributed by atoms with Crippen LogP contribution in [0.3, 0.4) is 0 Å². The number of hydrogen-bond donors (Lipinski definition) is 1. The van der Waals surface area contributed by atoms with Crippen molar-refractivity contribution in [2.75, 3.05) is 0 Å². The molecule has 1 N–H and O–H groups in total. The number of nitrogens with one attached hydrogen (secondary N) is 1. The lowest BCUT2D eigenvalue weighted by atomic mass is 10.1. The molecule has 0 aromatic carbocycles. The Hall–Kier alpha value is -2.18. The summed E-state index contributed by atoms with van der Waals surface area (Å²) in [5.41, 5.74) is -1.38. The topological polar surface area (TPSA) is 58.6 Å². The van der Waals surface area contributed by atoms with Gasteiger partial charge in [-0.05, 0) is 19.1 Å². The number of hydrogen-bond acceptors (Lipinski definition) is 3. The normalized spacial score (nSPS) is 11.6. The fourth-order valence-corrected chi connectivity index (χ4v) is 1.56.